The van der Waals surface area contributed by atoms with Gasteiger partial charge in [0.1, 0.15) is 0 Å². The topological polar surface area (TPSA) is 50.2 Å². The molecule has 1 unspecified atom stereocenters. The number of piperidine rings is 1. The number of aromatic nitrogens is 2. The number of carbonyl (C=O) groups excluding carboxylic acids is 1. The second kappa shape index (κ2) is 8.52. The maximum atomic E-state index is 13.0. The van der Waals surface area contributed by atoms with Gasteiger partial charge in [0.25, 0.3) is 5.91 Å². The van der Waals surface area contributed by atoms with Crippen molar-refractivity contribution in [1.29, 1.82) is 0 Å². The monoisotopic (exact) mass is 388 g/mol. The summed E-state index contributed by atoms with van der Waals surface area (Å²) in [6.07, 6.45) is 7.49. The highest BCUT2D eigenvalue weighted by atomic mass is 16.2. The quantitative estimate of drug-likeness (QED) is 0.688. The summed E-state index contributed by atoms with van der Waals surface area (Å²) in [5.41, 5.74) is 4.20. The van der Waals surface area contributed by atoms with Gasteiger partial charge in [0.05, 0.1) is 6.33 Å². The Kier molecular flexibility index (Phi) is 5.65. The van der Waals surface area contributed by atoms with Crippen molar-refractivity contribution in [2.75, 3.05) is 18.4 Å². The predicted molar refractivity (Wildman–Crippen MR) is 117 cm³/mol. The van der Waals surface area contributed by atoms with Gasteiger partial charge in [-0.3, -0.25) is 4.79 Å². The van der Waals surface area contributed by atoms with Crippen molar-refractivity contribution in [1.82, 2.24) is 14.5 Å². The highest BCUT2D eigenvalue weighted by molar-refractivity contribution is 5.94. The second-order valence-corrected chi connectivity index (χ2v) is 8.03. The number of rotatable bonds is 5. The number of imidazole rings is 1. The molecule has 1 amide bonds. The number of likely N-dealkylation sites (tertiary alicyclic amines) is 1. The van der Waals surface area contributed by atoms with Gasteiger partial charge in [0.15, 0.2) is 0 Å². The number of nitrogens with one attached hydrogen (secondary N) is 1. The van der Waals surface area contributed by atoms with Crippen LogP contribution in [0.2, 0.25) is 0 Å². The summed E-state index contributed by atoms with van der Waals surface area (Å²) >= 11 is 0. The fraction of sp³-hybridized carbons (Fsp3) is 0.333. The molecule has 0 saturated carbocycles. The second-order valence-electron chi connectivity index (χ2n) is 8.03. The molecule has 3 aromatic rings. The van der Waals surface area contributed by atoms with Gasteiger partial charge >= 0.3 is 0 Å². The van der Waals surface area contributed by atoms with E-state index in [1.54, 1.807) is 12.5 Å². The maximum absolute atomic E-state index is 13.0. The molecule has 0 aliphatic carbocycles. The molecule has 0 spiro atoms. The highest BCUT2D eigenvalue weighted by Crippen LogP contribution is 2.21. The van der Waals surface area contributed by atoms with Crippen molar-refractivity contribution in [2.24, 2.45) is 0 Å². The molecule has 29 heavy (non-hydrogen) atoms. The molecule has 1 aromatic heterocycles. The van der Waals surface area contributed by atoms with Crippen LogP contribution in [-0.2, 0) is 0 Å². The first-order chi connectivity index (χ1) is 14.1. The van der Waals surface area contributed by atoms with Crippen LogP contribution < -0.4 is 5.32 Å². The minimum atomic E-state index is 0.101. The zero-order valence-corrected chi connectivity index (χ0v) is 17.1. The molecule has 1 aliphatic heterocycles. The normalized spacial score (nSPS) is 16.8. The first-order valence-electron chi connectivity index (χ1n) is 10.3. The molecule has 1 saturated heterocycles. The summed E-state index contributed by atoms with van der Waals surface area (Å²) in [5.74, 6) is 0.635. The highest BCUT2D eigenvalue weighted by Gasteiger charge is 2.24. The molecular weight excluding hydrogens is 360 g/mol. The van der Waals surface area contributed by atoms with E-state index < -0.39 is 0 Å². The summed E-state index contributed by atoms with van der Waals surface area (Å²) < 4.78 is 1.93. The SMILES string of the molecule is CC(C)c1ccc(NC2CCCN(C(=O)c3ccc(-n4ccnc4)cc3)C2)cc1. The molecule has 0 bridgehead atoms. The zero-order valence-electron chi connectivity index (χ0n) is 17.1. The largest absolute Gasteiger partial charge is 0.381 e. The predicted octanol–water partition coefficient (Wildman–Crippen LogP) is 4.71. The molecule has 5 nitrogen and oxygen atoms in total. The van der Waals surface area contributed by atoms with Crippen molar-refractivity contribution in [3.63, 3.8) is 0 Å². The molecule has 1 atom stereocenters. The number of hydrogen-bond acceptors (Lipinski definition) is 3. The number of nitrogens with zero attached hydrogens (tertiary/aromatic N) is 3. The summed E-state index contributed by atoms with van der Waals surface area (Å²) in [4.78, 5) is 19.0. The van der Waals surface area contributed by atoms with E-state index in [1.807, 2.05) is 39.9 Å². The van der Waals surface area contributed by atoms with Crippen LogP contribution in [0.25, 0.3) is 5.69 Å². The Morgan fingerprint density at radius 2 is 1.86 bits per heavy atom. The van der Waals surface area contributed by atoms with E-state index >= 15 is 0 Å². The molecule has 5 heteroatoms. The summed E-state index contributed by atoms with van der Waals surface area (Å²) in [5, 5.41) is 3.61. The molecule has 0 radical (unpaired) electrons. The van der Waals surface area contributed by atoms with E-state index in [0.717, 1.165) is 42.9 Å². The maximum Gasteiger partial charge on any atom is 0.253 e. The summed E-state index contributed by atoms with van der Waals surface area (Å²) in [6, 6.07) is 16.7. The van der Waals surface area contributed by atoms with Crippen molar-refractivity contribution in [3.05, 3.63) is 78.4 Å². The third-order valence-electron chi connectivity index (χ3n) is 5.57. The van der Waals surface area contributed by atoms with E-state index in [0.29, 0.717) is 5.92 Å². The first-order valence-corrected chi connectivity index (χ1v) is 10.3. The molecule has 4 rings (SSSR count). The number of carbonyl (C=O) groups is 1. The number of amides is 1. The zero-order chi connectivity index (χ0) is 20.2. The van der Waals surface area contributed by atoms with Crippen LogP contribution in [-0.4, -0.2) is 39.5 Å². The van der Waals surface area contributed by atoms with Crippen LogP contribution in [0.4, 0.5) is 5.69 Å². The molecule has 2 heterocycles. The smallest absolute Gasteiger partial charge is 0.253 e. The summed E-state index contributed by atoms with van der Waals surface area (Å²) in [7, 11) is 0. The standard InChI is InChI=1S/C24H28N4O/c1-18(2)19-5-9-21(10-6-19)26-22-4-3-14-27(16-22)24(29)20-7-11-23(12-8-20)28-15-13-25-17-28/h5-13,15,17-18,22,26H,3-4,14,16H2,1-2H3. The van der Waals surface area contributed by atoms with Gasteiger partial charge < -0.3 is 14.8 Å². The Bertz CT molecular complexity index is 930. The van der Waals surface area contributed by atoms with Gasteiger partial charge in [0.2, 0.25) is 0 Å². The van der Waals surface area contributed by atoms with E-state index in [2.05, 4.69) is 48.4 Å². The minimum Gasteiger partial charge on any atom is -0.381 e. The average Bonchev–Trinajstić information content (AvgIpc) is 3.29. The lowest BCUT2D eigenvalue weighted by molar-refractivity contribution is 0.0715. The Balaban J connectivity index is 1.39. The molecular formula is C24H28N4O. The number of benzene rings is 2. The van der Waals surface area contributed by atoms with Gasteiger partial charge in [-0.15, -0.1) is 0 Å². The van der Waals surface area contributed by atoms with Crippen LogP contribution in [0.5, 0.6) is 0 Å². The first kappa shape index (κ1) is 19.2. The third kappa shape index (κ3) is 4.50. The lowest BCUT2D eigenvalue weighted by atomic mass is 10.0. The number of anilines is 1. The average molecular weight is 389 g/mol. The molecule has 1 aliphatic rings. The van der Waals surface area contributed by atoms with Crippen molar-refractivity contribution in [2.45, 2.75) is 38.6 Å². The van der Waals surface area contributed by atoms with E-state index in [1.165, 1.54) is 5.56 Å². The van der Waals surface area contributed by atoms with Crippen LogP contribution in [0.1, 0.15) is 48.5 Å². The lowest BCUT2D eigenvalue weighted by Crippen LogP contribution is -2.45. The van der Waals surface area contributed by atoms with Crippen LogP contribution in [0.15, 0.2) is 67.3 Å². The molecule has 150 valence electrons. The Labute approximate surface area is 172 Å². The van der Waals surface area contributed by atoms with Crippen LogP contribution >= 0.6 is 0 Å². The molecule has 1 N–H and O–H groups in total. The van der Waals surface area contributed by atoms with E-state index in [-0.39, 0.29) is 11.9 Å². The lowest BCUT2D eigenvalue weighted by Gasteiger charge is -2.34. The molecule has 1 fully saturated rings. The van der Waals surface area contributed by atoms with Crippen LogP contribution in [0, 0.1) is 0 Å². The molecule has 2 aromatic carbocycles. The van der Waals surface area contributed by atoms with E-state index in [4.69, 9.17) is 0 Å². The third-order valence-corrected chi connectivity index (χ3v) is 5.57. The van der Waals surface area contributed by atoms with Gasteiger partial charge in [-0.25, -0.2) is 4.98 Å². The van der Waals surface area contributed by atoms with Crippen molar-refractivity contribution in [3.8, 4) is 5.69 Å². The fourth-order valence-corrected chi connectivity index (χ4v) is 3.85. The van der Waals surface area contributed by atoms with Crippen molar-refractivity contribution >= 4 is 11.6 Å². The van der Waals surface area contributed by atoms with Crippen molar-refractivity contribution < 1.29 is 4.79 Å². The van der Waals surface area contributed by atoms with Gasteiger partial charge in [-0.2, -0.15) is 0 Å². The van der Waals surface area contributed by atoms with Gasteiger partial charge in [-0.1, -0.05) is 26.0 Å². The Hall–Kier alpha value is -3.08. The fourth-order valence-electron chi connectivity index (χ4n) is 3.85. The minimum absolute atomic E-state index is 0.101. The van der Waals surface area contributed by atoms with E-state index in [9.17, 15) is 4.79 Å². The Morgan fingerprint density at radius 1 is 1.10 bits per heavy atom. The Morgan fingerprint density at radius 3 is 2.52 bits per heavy atom. The number of hydrogen-bond donors (Lipinski definition) is 1. The summed E-state index contributed by atoms with van der Waals surface area (Å²) in [6.45, 7) is 5.95. The van der Waals surface area contributed by atoms with Gasteiger partial charge in [-0.05, 0) is 60.7 Å². The van der Waals surface area contributed by atoms with Crippen LogP contribution in [0.3, 0.4) is 0 Å². The van der Waals surface area contributed by atoms with Gasteiger partial charge in [0, 0.05) is 48.5 Å².